The summed E-state index contributed by atoms with van der Waals surface area (Å²) in [6.07, 6.45) is 0. The van der Waals surface area contributed by atoms with Crippen LogP contribution in [0, 0.1) is 6.92 Å². The maximum atomic E-state index is 6.11. The van der Waals surface area contributed by atoms with Crippen LogP contribution in [0.5, 0.6) is 11.5 Å². The average molecular weight is 283 g/mol. The lowest BCUT2D eigenvalue weighted by atomic mass is 10.2. The molecule has 0 fully saturated rings. The van der Waals surface area contributed by atoms with Crippen LogP contribution in [-0.2, 0) is 0 Å². The van der Waals surface area contributed by atoms with E-state index in [1.807, 2.05) is 47.9 Å². The molecule has 5 nitrogen and oxygen atoms in total. The first kappa shape index (κ1) is 13.3. The molecule has 0 bridgehead atoms. The molecule has 2 N–H and O–H groups in total. The van der Waals surface area contributed by atoms with Gasteiger partial charge in [0.15, 0.2) is 0 Å². The van der Waals surface area contributed by atoms with Crippen LogP contribution in [0.4, 0.5) is 5.95 Å². The highest BCUT2D eigenvalue weighted by atomic mass is 16.5. The van der Waals surface area contributed by atoms with Gasteiger partial charge in [0.2, 0.25) is 5.95 Å². The number of rotatable bonds is 3. The number of nitrogens with zero attached hydrogens (tertiary/aromatic N) is 2. The molecule has 0 saturated heterocycles. The van der Waals surface area contributed by atoms with Crippen molar-refractivity contribution in [2.45, 2.75) is 6.92 Å². The molecule has 3 rings (SSSR count). The van der Waals surface area contributed by atoms with Gasteiger partial charge in [-0.1, -0.05) is 6.07 Å². The second kappa shape index (κ2) is 5.01. The summed E-state index contributed by atoms with van der Waals surface area (Å²) < 4.78 is 12.5. The Morgan fingerprint density at radius 2 is 1.90 bits per heavy atom. The summed E-state index contributed by atoms with van der Waals surface area (Å²) in [5.41, 5.74) is 9.82. The Kier molecular flexibility index (Phi) is 3.17. The van der Waals surface area contributed by atoms with Crippen LogP contribution < -0.4 is 15.2 Å². The largest absolute Gasteiger partial charge is 0.497 e. The molecule has 0 radical (unpaired) electrons. The Hall–Kier alpha value is -2.69. The lowest BCUT2D eigenvalue weighted by Gasteiger charge is -2.11. The number of aromatic nitrogens is 2. The van der Waals surface area contributed by atoms with Gasteiger partial charge in [0, 0.05) is 0 Å². The molecule has 1 heterocycles. The van der Waals surface area contributed by atoms with Gasteiger partial charge in [-0.3, -0.25) is 4.57 Å². The molecule has 0 saturated carbocycles. The fourth-order valence-corrected chi connectivity index (χ4v) is 2.52. The third-order valence-corrected chi connectivity index (χ3v) is 3.54. The van der Waals surface area contributed by atoms with E-state index in [4.69, 9.17) is 15.2 Å². The van der Waals surface area contributed by atoms with Gasteiger partial charge in [-0.05, 0) is 42.8 Å². The molecule has 0 spiro atoms. The molecule has 0 atom stereocenters. The van der Waals surface area contributed by atoms with Crippen molar-refractivity contribution in [2.75, 3.05) is 20.0 Å². The Labute approximate surface area is 122 Å². The lowest BCUT2D eigenvalue weighted by molar-refractivity contribution is 0.414. The highest BCUT2D eigenvalue weighted by Crippen LogP contribution is 2.31. The predicted molar refractivity (Wildman–Crippen MR) is 83.3 cm³/mol. The number of nitrogens with two attached hydrogens (primary N) is 1. The minimum Gasteiger partial charge on any atom is -0.497 e. The van der Waals surface area contributed by atoms with Crippen LogP contribution in [0.2, 0.25) is 0 Å². The fourth-order valence-electron chi connectivity index (χ4n) is 2.52. The molecule has 0 amide bonds. The maximum Gasteiger partial charge on any atom is 0.206 e. The second-order valence-electron chi connectivity index (χ2n) is 4.79. The van der Waals surface area contributed by atoms with Gasteiger partial charge in [-0.25, -0.2) is 4.98 Å². The zero-order chi connectivity index (χ0) is 15.0. The van der Waals surface area contributed by atoms with Crippen molar-refractivity contribution in [1.82, 2.24) is 9.55 Å². The van der Waals surface area contributed by atoms with Gasteiger partial charge in [0.05, 0.1) is 25.4 Å². The van der Waals surface area contributed by atoms with Gasteiger partial charge in [-0.15, -0.1) is 0 Å². The molecule has 5 heteroatoms. The minimum atomic E-state index is 0.433. The standard InChI is InChI=1S/C16H17N3O2/c1-10-9-11(20-2)7-8-12(10)19-13-5-4-6-14(21-3)15(13)18-16(19)17/h4-9H,1-3H3,(H2,17,18). The summed E-state index contributed by atoms with van der Waals surface area (Å²) in [7, 11) is 3.28. The third-order valence-electron chi connectivity index (χ3n) is 3.54. The second-order valence-corrected chi connectivity index (χ2v) is 4.79. The number of imidazole rings is 1. The van der Waals surface area contributed by atoms with Gasteiger partial charge in [-0.2, -0.15) is 0 Å². The van der Waals surface area contributed by atoms with E-state index in [0.29, 0.717) is 11.7 Å². The van der Waals surface area contributed by atoms with Crippen LogP contribution in [0.3, 0.4) is 0 Å². The third kappa shape index (κ3) is 2.07. The molecule has 0 aliphatic carbocycles. The van der Waals surface area contributed by atoms with E-state index in [0.717, 1.165) is 28.0 Å². The molecular weight excluding hydrogens is 266 g/mol. The summed E-state index contributed by atoms with van der Waals surface area (Å²) in [5, 5.41) is 0. The number of nitrogen functional groups attached to an aromatic ring is 1. The highest BCUT2D eigenvalue weighted by molar-refractivity contribution is 5.86. The summed E-state index contributed by atoms with van der Waals surface area (Å²) in [4.78, 5) is 4.43. The van der Waals surface area contributed by atoms with Crippen LogP contribution in [0.1, 0.15) is 5.56 Å². The normalized spacial score (nSPS) is 10.8. The van der Waals surface area contributed by atoms with Crippen molar-refractivity contribution in [3.63, 3.8) is 0 Å². The quantitative estimate of drug-likeness (QED) is 0.802. The summed E-state index contributed by atoms with van der Waals surface area (Å²) in [6, 6.07) is 11.6. The monoisotopic (exact) mass is 283 g/mol. The van der Waals surface area contributed by atoms with Gasteiger partial charge in [0.25, 0.3) is 0 Å². The fraction of sp³-hybridized carbons (Fsp3) is 0.188. The topological polar surface area (TPSA) is 62.3 Å². The zero-order valence-electron chi connectivity index (χ0n) is 12.3. The number of ether oxygens (including phenoxy) is 2. The van der Waals surface area contributed by atoms with Crippen molar-refractivity contribution in [2.24, 2.45) is 0 Å². The number of methoxy groups -OCH3 is 2. The van der Waals surface area contributed by atoms with Crippen molar-refractivity contribution >= 4 is 17.0 Å². The first-order valence-corrected chi connectivity index (χ1v) is 6.61. The minimum absolute atomic E-state index is 0.433. The van der Waals surface area contributed by atoms with E-state index in [1.165, 1.54) is 0 Å². The van der Waals surface area contributed by atoms with Crippen LogP contribution in [-0.4, -0.2) is 23.8 Å². The van der Waals surface area contributed by atoms with Gasteiger partial charge < -0.3 is 15.2 Å². The van der Waals surface area contributed by atoms with Gasteiger partial charge in [0.1, 0.15) is 17.0 Å². The van der Waals surface area contributed by atoms with E-state index in [2.05, 4.69) is 4.98 Å². The molecule has 1 aromatic heterocycles. The van der Waals surface area contributed by atoms with E-state index >= 15 is 0 Å². The molecule has 0 aliphatic rings. The van der Waals surface area contributed by atoms with Crippen molar-refractivity contribution in [3.05, 3.63) is 42.0 Å². The lowest BCUT2D eigenvalue weighted by Crippen LogP contribution is -2.02. The maximum absolute atomic E-state index is 6.11. The van der Waals surface area contributed by atoms with E-state index in [1.54, 1.807) is 14.2 Å². The number of aryl methyl sites for hydroxylation is 1. The summed E-state index contributed by atoms with van der Waals surface area (Å²) in [5.74, 6) is 1.96. The molecular formula is C16H17N3O2. The van der Waals surface area contributed by atoms with Crippen molar-refractivity contribution in [3.8, 4) is 17.2 Å². The van der Waals surface area contributed by atoms with Crippen LogP contribution >= 0.6 is 0 Å². The molecule has 0 unspecified atom stereocenters. The van der Waals surface area contributed by atoms with Crippen LogP contribution in [0.15, 0.2) is 36.4 Å². The van der Waals surface area contributed by atoms with Crippen LogP contribution in [0.25, 0.3) is 16.7 Å². The van der Waals surface area contributed by atoms with Gasteiger partial charge >= 0.3 is 0 Å². The van der Waals surface area contributed by atoms with E-state index in [-0.39, 0.29) is 0 Å². The SMILES string of the molecule is COc1ccc(-n2c(N)nc3c(OC)cccc32)c(C)c1. The summed E-state index contributed by atoms with van der Waals surface area (Å²) in [6.45, 7) is 2.02. The number of para-hydroxylation sites is 1. The Bertz CT molecular complexity index is 809. The predicted octanol–water partition coefficient (Wildman–Crippen LogP) is 2.93. The molecule has 0 aliphatic heterocycles. The number of fused-ring (bicyclic) bond motifs is 1. The Morgan fingerprint density at radius 1 is 1.10 bits per heavy atom. The first-order valence-electron chi connectivity index (χ1n) is 6.61. The molecule has 2 aromatic carbocycles. The molecule has 108 valence electrons. The molecule has 21 heavy (non-hydrogen) atoms. The first-order chi connectivity index (χ1) is 10.2. The van der Waals surface area contributed by atoms with Crippen molar-refractivity contribution < 1.29 is 9.47 Å². The summed E-state index contributed by atoms with van der Waals surface area (Å²) >= 11 is 0. The van der Waals surface area contributed by atoms with E-state index < -0.39 is 0 Å². The number of benzene rings is 2. The van der Waals surface area contributed by atoms with Crippen molar-refractivity contribution in [1.29, 1.82) is 0 Å². The smallest absolute Gasteiger partial charge is 0.206 e. The zero-order valence-corrected chi connectivity index (χ0v) is 12.3. The number of anilines is 1. The highest BCUT2D eigenvalue weighted by Gasteiger charge is 2.15. The number of hydrogen-bond acceptors (Lipinski definition) is 4. The number of hydrogen-bond donors (Lipinski definition) is 1. The Balaban J connectivity index is 2.28. The Morgan fingerprint density at radius 3 is 2.57 bits per heavy atom. The average Bonchev–Trinajstić information content (AvgIpc) is 2.83. The van der Waals surface area contributed by atoms with E-state index in [9.17, 15) is 0 Å². The molecule has 3 aromatic rings.